The first-order valence-corrected chi connectivity index (χ1v) is 8.83. The van der Waals surface area contributed by atoms with Crippen LogP contribution in [-0.2, 0) is 28.8 Å². The van der Waals surface area contributed by atoms with E-state index in [0.717, 1.165) is 0 Å². The lowest BCUT2D eigenvalue weighted by atomic mass is 10.1. The molecule has 14 heteroatoms. The average molecular weight is 433 g/mol. The first-order chi connectivity index (χ1) is 13.8. The zero-order valence-corrected chi connectivity index (χ0v) is 16.5. The van der Waals surface area contributed by atoms with Crippen molar-refractivity contribution in [3.63, 3.8) is 0 Å². The molecule has 14 nitrogen and oxygen atoms in total. The summed E-state index contributed by atoms with van der Waals surface area (Å²) in [4.78, 5) is 69.6. The van der Waals surface area contributed by atoms with Gasteiger partial charge in [0.2, 0.25) is 23.6 Å². The standard InChI is InChI=1S/C16H27N5O9/c1-6(17)13(26)21-12(7(2)22)15(28)20-9(5-11(24)25)14(27)19-8(16(29)30)3-4-10(18)23/h6-9,12,22H,3-5,17H2,1-2H3,(H2,18,23)(H,19,27)(H,20,28)(H,21,26)(H,24,25)(H,29,30). The summed E-state index contributed by atoms with van der Waals surface area (Å²) in [5, 5.41) is 34.1. The summed E-state index contributed by atoms with van der Waals surface area (Å²) in [5.41, 5.74) is 10.3. The van der Waals surface area contributed by atoms with E-state index in [1.807, 2.05) is 5.32 Å². The van der Waals surface area contributed by atoms with Gasteiger partial charge in [-0.1, -0.05) is 0 Å². The van der Waals surface area contributed by atoms with E-state index in [0.29, 0.717) is 0 Å². The largest absolute Gasteiger partial charge is 0.481 e. The zero-order valence-electron chi connectivity index (χ0n) is 16.5. The molecule has 0 saturated heterocycles. The molecule has 170 valence electrons. The summed E-state index contributed by atoms with van der Waals surface area (Å²) in [6, 6.07) is -5.88. The highest BCUT2D eigenvalue weighted by molar-refractivity contribution is 5.95. The van der Waals surface area contributed by atoms with Gasteiger partial charge in [0.15, 0.2) is 0 Å². The molecular formula is C16H27N5O9. The van der Waals surface area contributed by atoms with Gasteiger partial charge in [-0.05, 0) is 20.3 Å². The van der Waals surface area contributed by atoms with Crippen molar-refractivity contribution in [1.82, 2.24) is 16.0 Å². The Kier molecular flexibility index (Phi) is 11.0. The van der Waals surface area contributed by atoms with Gasteiger partial charge in [0.25, 0.3) is 0 Å². The third-order valence-electron chi connectivity index (χ3n) is 3.78. The van der Waals surface area contributed by atoms with E-state index in [-0.39, 0.29) is 12.8 Å². The monoisotopic (exact) mass is 433 g/mol. The lowest BCUT2D eigenvalue weighted by molar-refractivity contribution is -0.144. The third-order valence-corrected chi connectivity index (χ3v) is 3.78. The lowest BCUT2D eigenvalue weighted by Crippen LogP contribution is -2.59. The maximum absolute atomic E-state index is 12.4. The van der Waals surface area contributed by atoms with Crippen LogP contribution in [0.25, 0.3) is 0 Å². The summed E-state index contributed by atoms with van der Waals surface area (Å²) >= 11 is 0. The highest BCUT2D eigenvalue weighted by atomic mass is 16.4. The van der Waals surface area contributed by atoms with Crippen LogP contribution in [0.4, 0.5) is 0 Å². The number of hydrogen-bond donors (Lipinski definition) is 8. The van der Waals surface area contributed by atoms with Gasteiger partial charge in [0, 0.05) is 6.42 Å². The van der Waals surface area contributed by atoms with E-state index in [1.165, 1.54) is 13.8 Å². The fraction of sp³-hybridized carbons (Fsp3) is 0.625. The highest BCUT2D eigenvalue weighted by Gasteiger charge is 2.33. The Morgan fingerprint density at radius 1 is 0.867 bits per heavy atom. The van der Waals surface area contributed by atoms with Gasteiger partial charge in [-0.25, -0.2) is 4.79 Å². The fourth-order valence-electron chi connectivity index (χ4n) is 2.15. The number of aliphatic carboxylic acids is 2. The van der Waals surface area contributed by atoms with Crippen molar-refractivity contribution in [1.29, 1.82) is 0 Å². The molecule has 0 aliphatic rings. The van der Waals surface area contributed by atoms with Crippen LogP contribution in [0.5, 0.6) is 0 Å². The predicted octanol–water partition coefficient (Wildman–Crippen LogP) is -4.01. The molecule has 0 rings (SSSR count). The van der Waals surface area contributed by atoms with Crippen LogP contribution in [0.1, 0.15) is 33.1 Å². The van der Waals surface area contributed by atoms with Crippen molar-refractivity contribution in [2.75, 3.05) is 0 Å². The van der Waals surface area contributed by atoms with Crippen LogP contribution in [-0.4, -0.2) is 81.2 Å². The van der Waals surface area contributed by atoms with Crippen LogP contribution in [0, 0.1) is 0 Å². The number of carbonyl (C=O) groups is 6. The van der Waals surface area contributed by atoms with E-state index in [2.05, 4.69) is 10.6 Å². The number of nitrogens with one attached hydrogen (secondary N) is 3. The molecule has 0 saturated carbocycles. The van der Waals surface area contributed by atoms with Crippen molar-refractivity contribution in [2.24, 2.45) is 11.5 Å². The van der Waals surface area contributed by atoms with Crippen LogP contribution >= 0.6 is 0 Å². The molecule has 0 aromatic heterocycles. The van der Waals surface area contributed by atoms with E-state index in [9.17, 15) is 33.9 Å². The van der Waals surface area contributed by atoms with Gasteiger partial charge in [-0.3, -0.25) is 24.0 Å². The number of carbonyl (C=O) groups excluding carboxylic acids is 4. The maximum atomic E-state index is 12.4. The lowest BCUT2D eigenvalue weighted by Gasteiger charge is -2.25. The minimum atomic E-state index is -1.74. The van der Waals surface area contributed by atoms with Crippen molar-refractivity contribution in [2.45, 2.75) is 63.4 Å². The van der Waals surface area contributed by atoms with Crippen LogP contribution in [0.2, 0.25) is 0 Å². The molecule has 0 aliphatic carbocycles. The summed E-state index contributed by atoms with van der Waals surface area (Å²) in [5.74, 6) is -6.85. The van der Waals surface area contributed by atoms with Crippen LogP contribution < -0.4 is 27.4 Å². The first-order valence-electron chi connectivity index (χ1n) is 8.83. The quantitative estimate of drug-likeness (QED) is 0.140. The molecule has 0 bridgehead atoms. The minimum absolute atomic E-state index is 0.356. The molecule has 5 atom stereocenters. The Morgan fingerprint density at radius 3 is 1.80 bits per heavy atom. The Bertz CT molecular complexity index is 680. The second kappa shape index (κ2) is 12.3. The smallest absolute Gasteiger partial charge is 0.326 e. The third kappa shape index (κ3) is 9.79. The first kappa shape index (κ1) is 26.7. The summed E-state index contributed by atoms with van der Waals surface area (Å²) in [6.07, 6.45) is -3.07. The van der Waals surface area contributed by atoms with Gasteiger partial charge in [-0.2, -0.15) is 0 Å². The van der Waals surface area contributed by atoms with Crippen molar-refractivity contribution >= 4 is 35.6 Å². The van der Waals surface area contributed by atoms with Crippen molar-refractivity contribution < 1.29 is 44.1 Å². The zero-order chi connectivity index (χ0) is 23.6. The maximum Gasteiger partial charge on any atom is 0.326 e. The summed E-state index contributed by atoms with van der Waals surface area (Å²) < 4.78 is 0. The molecule has 0 aromatic rings. The molecule has 0 heterocycles. The normalized spacial score (nSPS) is 15.6. The number of aliphatic hydroxyl groups is 1. The number of carboxylic acids is 2. The van der Waals surface area contributed by atoms with Gasteiger partial charge < -0.3 is 42.7 Å². The summed E-state index contributed by atoms with van der Waals surface area (Å²) in [6.45, 7) is 2.49. The molecule has 0 radical (unpaired) electrons. The van der Waals surface area contributed by atoms with Crippen molar-refractivity contribution in [3.8, 4) is 0 Å². The molecule has 0 spiro atoms. The molecule has 0 fully saturated rings. The van der Waals surface area contributed by atoms with Gasteiger partial charge in [-0.15, -0.1) is 0 Å². The summed E-state index contributed by atoms with van der Waals surface area (Å²) in [7, 11) is 0. The van der Waals surface area contributed by atoms with E-state index >= 15 is 0 Å². The number of carboxylic acid groups (broad SMARTS) is 2. The number of primary amides is 1. The minimum Gasteiger partial charge on any atom is -0.481 e. The molecule has 0 aromatic carbocycles. The van der Waals surface area contributed by atoms with E-state index < -0.39 is 72.3 Å². The van der Waals surface area contributed by atoms with Crippen molar-refractivity contribution in [3.05, 3.63) is 0 Å². The Hall–Kier alpha value is -3.26. The van der Waals surface area contributed by atoms with Gasteiger partial charge >= 0.3 is 11.9 Å². The number of hydrogen-bond acceptors (Lipinski definition) is 8. The Balaban J connectivity index is 5.40. The van der Waals surface area contributed by atoms with Gasteiger partial charge in [0.05, 0.1) is 18.6 Å². The fourth-order valence-corrected chi connectivity index (χ4v) is 2.15. The molecule has 5 unspecified atom stereocenters. The molecule has 0 aliphatic heterocycles. The van der Waals surface area contributed by atoms with E-state index in [4.69, 9.17) is 21.7 Å². The SMILES string of the molecule is CC(N)C(=O)NC(C(=O)NC(CC(=O)O)C(=O)NC(CCC(N)=O)C(=O)O)C(C)O. The second-order valence-electron chi connectivity index (χ2n) is 6.58. The molecular weight excluding hydrogens is 406 g/mol. The highest BCUT2D eigenvalue weighted by Crippen LogP contribution is 2.03. The number of nitrogens with two attached hydrogens (primary N) is 2. The molecule has 10 N–H and O–H groups in total. The topological polar surface area (TPSA) is 251 Å². The molecule has 4 amide bonds. The van der Waals surface area contributed by atoms with Crippen LogP contribution in [0.15, 0.2) is 0 Å². The number of aliphatic hydroxyl groups excluding tert-OH is 1. The van der Waals surface area contributed by atoms with Crippen LogP contribution in [0.3, 0.4) is 0 Å². The second-order valence-corrected chi connectivity index (χ2v) is 6.58. The van der Waals surface area contributed by atoms with E-state index in [1.54, 1.807) is 0 Å². The van der Waals surface area contributed by atoms with Gasteiger partial charge in [0.1, 0.15) is 18.1 Å². The predicted molar refractivity (Wildman–Crippen MR) is 99.4 cm³/mol. The number of rotatable bonds is 13. The Labute approximate surface area is 171 Å². The Morgan fingerprint density at radius 2 is 1.40 bits per heavy atom. The average Bonchev–Trinajstić information content (AvgIpc) is 2.60. The molecule has 30 heavy (non-hydrogen) atoms. The number of amides is 4.